The standard InChI is InChI=1S/C10H8N2S/c1-7-8(5-11)3-10(13-2)4-9(7)6-12/h3-4H,1-2H3. The van der Waals surface area contributed by atoms with E-state index in [4.69, 9.17) is 10.5 Å². The Bertz CT molecular complexity index is 375. The molecule has 0 aliphatic rings. The van der Waals surface area contributed by atoms with Gasteiger partial charge in [-0.25, -0.2) is 0 Å². The number of hydrogen-bond donors (Lipinski definition) is 0. The van der Waals surface area contributed by atoms with Crippen molar-refractivity contribution >= 4 is 11.8 Å². The van der Waals surface area contributed by atoms with Crippen LogP contribution in [0, 0.1) is 29.6 Å². The first-order valence-electron chi connectivity index (χ1n) is 3.71. The molecule has 2 nitrogen and oxygen atoms in total. The molecule has 0 fully saturated rings. The minimum Gasteiger partial charge on any atom is -0.192 e. The second-order valence-electron chi connectivity index (χ2n) is 2.57. The van der Waals surface area contributed by atoms with Gasteiger partial charge in [-0.2, -0.15) is 10.5 Å². The summed E-state index contributed by atoms with van der Waals surface area (Å²) in [6.45, 7) is 1.79. The Morgan fingerprint density at radius 3 is 1.92 bits per heavy atom. The summed E-state index contributed by atoms with van der Waals surface area (Å²) in [6.07, 6.45) is 1.92. The Balaban J connectivity index is 3.42. The van der Waals surface area contributed by atoms with E-state index in [-0.39, 0.29) is 0 Å². The van der Waals surface area contributed by atoms with Gasteiger partial charge in [-0.15, -0.1) is 11.8 Å². The van der Waals surface area contributed by atoms with Crippen LogP contribution in [0.2, 0.25) is 0 Å². The van der Waals surface area contributed by atoms with E-state index >= 15 is 0 Å². The molecule has 0 N–H and O–H groups in total. The van der Waals surface area contributed by atoms with Crippen LogP contribution >= 0.6 is 11.8 Å². The molecule has 0 aliphatic heterocycles. The van der Waals surface area contributed by atoms with E-state index in [2.05, 4.69) is 12.1 Å². The average Bonchev–Trinajstić information content (AvgIpc) is 2.18. The van der Waals surface area contributed by atoms with Crippen LogP contribution in [-0.4, -0.2) is 6.26 Å². The zero-order chi connectivity index (χ0) is 9.84. The van der Waals surface area contributed by atoms with Crippen molar-refractivity contribution in [2.45, 2.75) is 11.8 Å². The highest BCUT2D eigenvalue weighted by atomic mass is 32.2. The van der Waals surface area contributed by atoms with E-state index in [0.717, 1.165) is 10.5 Å². The predicted octanol–water partition coefficient (Wildman–Crippen LogP) is 2.46. The topological polar surface area (TPSA) is 47.6 Å². The highest BCUT2D eigenvalue weighted by Crippen LogP contribution is 2.22. The maximum absolute atomic E-state index is 8.79. The summed E-state index contributed by atoms with van der Waals surface area (Å²) in [7, 11) is 0. The van der Waals surface area contributed by atoms with Crippen molar-refractivity contribution < 1.29 is 0 Å². The fourth-order valence-corrected chi connectivity index (χ4v) is 1.51. The lowest BCUT2D eigenvalue weighted by Crippen LogP contribution is -1.89. The third-order valence-electron chi connectivity index (χ3n) is 1.86. The molecule has 0 saturated heterocycles. The SMILES string of the molecule is CSc1cc(C#N)c(C)c(C#N)c1. The molecule has 64 valence electrons. The van der Waals surface area contributed by atoms with Crippen LogP contribution in [0.5, 0.6) is 0 Å². The summed E-state index contributed by atoms with van der Waals surface area (Å²) in [4.78, 5) is 0.957. The number of hydrogen-bond acceptors (Lipinski definition) is 3. The number of benzene rings is 1. The second kappa shape index (κ2) is 3.98. The first kappa shape index (κ1) is 9.64. The molecule has 1 aromatic carbocycles. The fraction of sp³-hybridized carbons (Fsp3) is 0.200. The molecule has 3 heteroatoms. The summed E-state index contributed by atoms with van der Waals surface area (Å²) < 4.78 is 0. The fourth-order valence-electron chi connectivity index (χ4n) is 1.04. The lowest BCUT2D eigenvalue weighted by Gasteiger charge is -2.02. The first-order valence-corrected chi connectivity index (χ1v) is 4.94. The molecule has 0 aromatic heterocycles. The molecule has 0 heterocycles. The molecule has 0 atom stereocenters. The first-order chi connectivity index (χ1) is 6.22. The summed E-state index contributed by atoms with van der Waals surface area (Å²) in [6, 6.07) is 7.77. The number of thioether (sulfide) groups is 1. The molecule has 0 saturated carbocycles. The van der Waals surface area contributed by atoms with E-state index in [1.54, 1.807) is 19.1 Å². The summed E-state index contributed by atoms with van der Waals surface area (Å²) in [5.41, 5.74) is 1.94. The number of nitriles is 2. The highest BCUT2D eigenvalue weighted by Gasteiger charge is 2.05. The monoisotopic (exact) mass is 188 g/mol. The minimum absolute atomic E-state index is 0.586. The Labute approximate surface area is 81.8 Å². The molecular weight excluding hydrogens is 180 g/mol. The zero-order valence-corrected chi connectivity index (χ0v) is 8.27. The summed E-state index contributed by atoms with van der Waals surface area (Å²) in [5, 5.41) is 17.6. The van der Waals surface area contributed by atoms with Crippen molar-refractivity contribution in [1.82, 2.24) is 0 Å². The molecule has 1 rings (SSSR count). The molecule has 0 aliphatic carbocycles. The van der Waals surface area contributed by atoms with Crippen molar-refractivity contribution in [2.75, 3.05) is 6.26 Å². The van der Waals surface area contributed by atoms with Gasteiger partial charge in [-0.1, -0.05) is 0 Å². The van der Waals surface area contributed by atoms with Crippen molar-refractivity contribution in [2.24, 2.45) is 0 Å². The Morgan fingerprint density at radius 2 is 1.62 bits per heavy atom. The van der Waals surface area contributed by atoms with Gasteiger partial charge in [-0.3, -0.25) is 0 Å². The number of nitrogens with zero attached hydrogens (tertiary/aromatic N) is 2. The third kappa shape index (κ3) is 1.83. The van der Waals surface area contributed by atoms with Crippen LogP contribution in [0.1, 0.15) is 16.7 Å². The molecule has 0 spiro atoms. The van der Waals surface area contributed by atoms with Crippen LogP contribution in [-0.2, 0) is 0 Å². The van der Waals surface area contributed by atoms with E-state index < -0.39 is 0 Å². The summed E-state index contributed by atoms with van der Waals surface area (Å²) in [5.74, 6) is 0. The third-order valence-corrected chi connectivity index (χ3v) is 2.56. The van der Waals surface area contributed by atoms with Gasteiger partial charge >= 0.3 is 0 Å². The molecule has 1 aromatic rings. The molecule has 13 heavy (non-hydrogen) atoms. The van der Waals surface area contributed by atoms with E-state index in [1.807, 2.05) is 6.26 Å². The minimum atomic E-state index is 0.586. The maximum Gasteiger partial charge on any atom is 0.0995 e. The van der Waals surface area contributed by atoms with Gasteiger partial charge in [0.1, 0.15) is 0 Å². The van der Waals surface area contributed by atoms with Gasteiger partial charge in [0.2, 0.25) is 0 Å². The van der Waals surface area contributed by atoms with Crippen molar-refractivity contribution in [3.8, 4) is 12.1 Å². The maximum atomic E-state index is 8.79. The average molecular weight is 188 g/mol. The summed E-state index contributed by atoms with van der Waals surface area (Å²) >= 11 is 1.53. The second-order valence-corrected chi connectivity index (χ2v) is 3.45. The Hall–Kier alpha value is -1.45. The Kier molecular flexibility index (Phi) is 2.95. The van der Waals surface area contributed by atoms with Gasteiger partial charge in [0.25, 0.3) is 0 Å². The van der Waals surface area contributed by atoms with Gasteiger partial charge < -0.3 is 0 Å². The highest BCUT2D eigenvalue weighted by molar-refractivity contribution is 7.98. The zero-order valence-electron chi connectivity index (χ0n) is 7.46. The molecule has 0 bridgehead atoms. The van der Waals surface area contributed by atoms with Gasteiger partial charge in [0.15, 0.2) is 0 Å². The normalized spacial score (nSPS) is 8.92. The van der Waals surface area contributed by atoms with Crippen LogP contribution in [0.4, 0.5) is 0 Å². The molecular formula is C10H8N2S. The van der Waals surface area contributed by atoms with Crippen LogP contribution in [0.15, 0.2) is 17.0 Å². The van der Waals surface area contributed by atoms with E-state index in [0.29, 0.717) is 11.1 Å². The smallest absolute Gasteiger partial charge is 0.0995 e. The van der Waals surface area contributed by atoms with Crippen LogP contribution in [0.3, 0.4) is 0 Å². The lowest BCUT2D eigenvalue weighted by molar-refractivity contribution is 1.29. The largest absolute Gasteiger partial charge is 0.192 e. The van der Waals surface area contributed by atoms with Gasteiger partial charge in [-0.05, 0) is 30.9 Å². The number of rotatable bonds is 1. The lowest BCUT2D eigenvalue weighted by atomic mass is 10.0. The Morgan fingerprint density at radius 1 is 1.15 bits per heavy atom. The van der Waals surface area contributed by atoms with E-state index in [1.165, 1.54) is 11.8 Å². The molecule has 0 radical (unpaired) electrons. The van der Waals surface area contributed by atoms with Crippen LogP contribution in [0.25, 0.3) is 0 Å². The van der Waals surface area contributed by atoms with Crippen molar-refractivity contribution in [3.63, 3.8) is 0 Å². The van der Waals surface area contributed by atoms with Crippen molar-refractivity contribution in [1.29, 1.82) is 10.5 Å². The molecule has 0 amide bonds. The predicted molar refractivity (Wildman–Crippen MR) is 52.4 cm³/mol. The quantitative estimate of drug-likeness (QED) is 0.636. The molecule has 0 unspecified atom stereocenters. The van der Waals surface area contributed by atoms with Gasteiger partial charge in [0, 0.05) is 4.90 Å². The van der Waals surface area contributed by atoms with Crippen LogP contribution < -0.4 is 0 Å². The van der Waals surface area contributed by atoms with E-state index in [9.17, 15) is 0 Å². The van der Waals surface area contributed by atoms with Crippen molar-refractivity contribution in [3.05, 3.63) is 28.8 Å². The van der Waals surface area contributed by atoms with Gasteiger partial charge in [0.05, 0.1) is 23.3 Å².